The molecule has 0 saturated carbocycles. The Morgan fingerprint density at radius 1 is 1.00 bits per heavy atom. The van der Waals surface area contributed by atoms with E-state index in [-0.39, 0.29) is 56.9 Å². The van der Waals surface area contributed by atoms with Crippen LogP contribution in [0.15, 0.2) is 24.3 Å². The monoisotopic (exact) mass is 294 g/mol. The molecule has 0 saturated heterocycles. The average molecular weight is 294 g/mol. The van der Waals surface area contributed by atoms with Crippen LogP contribution in [-0.2, 0) is 5.41 Å². The van der Waals surface area contributed by atoms with E-state index >= 15 is 0 Å². The molecule has 0 atom stereocenters. The summed E-state index contributed by atoms with van der Waals surface area (Å²) in [5.74, 6) is 0. The van der Waals surface area contributed by atoms with Crippen LogP contribution < -0.4 is 56.8 Å². The average Bonchev–Trinajstić information content (AvgIpc) is 2.15. The molecule has 0 fully saturated rings. The van der Waals surface area contributed by atoms with Gasteiger partial charge in [0.2, 0.25) is 0 Å². The van der Waals surface area contributed by atoms with Crippen molar-refractivity contribution in [2.24, 2.45) is 0 Å². The normalized spacial score (nSPS) is 13.1. The van der Waals surface area contributed by atoms with Gasteiger partial charge in [-0.3, -0.25) is 0 Å². The predicted octanol–water partition coefficient (Wildman–Crippen LogP) is 0.585. The third-order valence-electron chi connectivity index (χ3n) is 2.69. The topological polar surface area (TPSA) is 0 Å². The fourth-order valence-electron chi connectivity index (χ4n) is 1.29. The van der Waals surface area contributed by atoms with Crippen LogP contribution in [0.3, 0.4) is 0 Å². The largest absolute Gasteiger partial charge is 1.00 e. The van der Waals surface area contributed by atoms with E-state index in [1.165, 1.54) is 0 Å². The summed E-state index contributed by atoms with van der Waals surface area (Å²) >= 11 is 0. The molecule has 0 heterocycles. The van der Waals surface area contributed by atoms with Gasteiger partial charge in [0, 0.05) is 0 Å². The smallest absolute Gasteiger partial charge is 0.445 e. The number of alkyl halides is 3. The van der Waals surface area contributed by atoms with Crippen LogP contribution in [0.5, 0.6) is 0 Å². The van der Waals surface area contributed by atoms with Crippen LogP contribution in [0, 0.1) is 0 Å². The molecule has 1 aromatic carbocycles. The fraction of sp³-hybridized carbons (Fsp3) is 0.400. The van der Waals surface area contributed by atoms with Gasteiger partial charge in [-0.2, -0.15) is 13.2 Å². The third kappa shape index (κ3) is 4.00. The van der Waals surface area contributed by atoms with E-state index < -0.39 is 24.0 Å². The molecule has 0 aliphatic carbocycles. The Hall–Kier alpha value is 0.501. The van der Waals surface area contributed by atoms with Crippen LogP contribution >= 0.6 is 0 Å². The summed E-state index contributed by atoms with van der Waals surface area (Å²) in [6.45, 7) is -3.57. The number of rotatable bonds is 2. The second kappa shape index (κ2) is 5.87. The zero-order valence-corrected chi connectivity index (χ0v) is 13.3. The number of halogens is 6. The molecule has 0 radical (unpaired) electrons. The molecule has 8 heteroatoms. The quantitative estimate of drug-likeness (QED) is 0.553. The van der Waals surface area contributed by atoms with Gasteiger partial charge in [0.25, 0.3) is 0 Å². The van der Waals surface area contributed by atoms with Gasteiger partial charge in [0.15, 0.2) is 0 Å². The molecule has 1 aromatic rings. The fourth-order valence-corrected chi connectivity index (χ4v) is 1.29. The van der Waals surface area contributed by atoms with Gasteiger partial charge in [-0.25, -0.2) is 0 Å². The van der Waals surface area contributed by atoms with E-state index in [4.69, 9.17) is 0 Å². The molecule has 0 spiro atoms. The second-order valence-corrected chi connectivity index (χ2v) is 4.32. The van der Waals surface area contributed by atoms with Crippen molar-refractivity contribution < 1.29 is 77.5 Å². The first-order valence-electron chi connectivity index (χ1n) is 4.83. The van der Waals surface area contributed by atoms with Crippen molar-refractivity contribution in [3.05, 3.63) is 29.8 Å². The molecule has 1 rings (SSSR count). The van der Waals surface area contributed by atoms with Gasteiger partial charge in [-0.1, -0.05) is 24.3 Å². The van der Waals surface area contributed by atoms with Gasteiger partial charge in [0.1, 0.15) is 0 Å². The summed E-state index contributed by atoms with van der Waals surface area (Å²) in [6, 6.07) is 3.38. The van der Waals surface area contributed by atoms with Crippen LogP contribution in [0.4, 0.5) is 26.1 Å². The Balaban J connectivity index is 0.00000289. The van der Waals surface area contributed by atoms with Gasteiger partial charge in [-0.15, -0.1) is 5.46 Å². The Morgan fingerprint density at radius 2 is 1.50 bits per heavy atom. The second-order valence-electron chi connectivity index (χ2n) is 4.32. The minimum Gasteiger partial charge on any atom is -0.445 e. The summed E-state index contributed by atoms with van der Waals surface area (Å²) in [7, 11) is 0. The Morgan fingerprint density at radius 3 is 1.89 bits per heavy atom. The maximum absolute atomic E-state index is 12.7. The van der Waals surface area contributed by atoms with Crippen LogP contribution in [0.2, 0.25) is 0 Å². The minimum absolute atomic E-state index is 0. The number of hydrogen-bond donors (Lipinski definition) is 0. The van der Waals surface area contributed by atoms with Crippen molar-refractivity contribution in [2.75, 3.05) is 0 Å². The van der Waals surface area contributed by atoms with E-state index in [0.29, 0.717) is 6.07 Å². The molecule has 0 unspecified atom stereocenters. The van der Waals surface area contributed by atoms with E-state index in [1.54, 1.807) is 0 Å². The first-order valence-corrected chi connectivity index (χ1v) is 4.83. The van der Waals surface area contributed by atoms with Crippen molar-refractivity contribution in [3.63, 3.8) is 0 Å². The molecule has 0 aromatic heterocycles. The first kappa shape index (κ1) is 18.5. The maximum atomic E-state index is 12.7. The molecule has 0 amide bonds. The molecule has 96 valence electrons. The minimum atomic E-state index is -5.28. The standard InChI is InChI=1S/C10H10BF6.K/c1-9(2,10(12,13)14)7-4-3-5-8(6-7)11(15,16)17;/h3-6H,1-2H3;/q-1;+1. The number of hydrogen-bond acceptors (Lipinski definition) is 0. The first-order chi connectivity index (χ1) is 7.46. The Bertz CT molecular complexity index is 410. The van der Waals surface area contributed by atoms with E-state index in [0.717, 1.165) is 32.0 Å². The van der Waals surface area contributed by atoms with Crippen molar-refractivity contribution in [1.82, 2.24) is 0 Å². The van der Waals surface area contributed by atoms with Crippen molar-refractivity contribution >= 4 is 12.4 Å². The molecule has 18 heavy (non-hydrogen) atoms. The van der Waals surface area contributed by atoms with Gasteiger partial charge in [-0.05, 0) is 19.4 Å². The summed E-state index contributed by atoms with van der Waals surface area (Å²) in [4.78, 5) is 0. The molecule has 0 bridgehead atoms. The van der Waals surface area contributed by atoms with Crippen molar-refractivity contribution in [1.29, 1.82) is 0 Å². The molecule has 0 nitrogen and oxygen atoms in total. The maximum Gasteiger partial charge on any atom is 1.00 e. The zero-order valence-electron chi connectivity index (χ0n) is 10.2. The van der Waals surface area contributed by atoms with Gasteiger partial charge < -0.3 is 12.9 Å². The molecule has 0 N–H and O–H groups in total. The van der Waals surface area contributed by atoms with E-state index in [2.05, 4.69) is 0 Å². The van der Waals surface area contributed by atoms with Crippen molar-refractivity contribution in [2.45, 2.75) is 25.4 Å². The SMILES string of the molecule is CC(C)(c1cccc([B-](F)(F)F)c1)C(F)(F)F.[K+]. The van der Waals surface area contributed by atoms with Crippen molar-refractivity contribution in [3.8, 4) is 0 Å². The summed E-state index contributed by atoms with van der Waals surface area (Å²) in [5.41, 5.74) is -3.70. The van der Waals surface area contributed by atoms with Gasteiger partial charge >= 0.3 is 64.5 Å². The third-order valence-corrected chi connectivity index (χ3v) is 2.69. The number of benzene rings is 1. The zero-order chi connectivity index (χ0) is 13.5. The summed E-state index contributed by atoms with van der Waals surface area (Å²) < 4.78 is 75.3. The van der Waals surface area contributed by atoms with E-state index in [9.17, 15) is 26.1 Å². The van der Waals surface area contributed by atoms with E-state index in [1.807, 2.05) is 0 Å². The Labute approximate surface area is 144 Å². The Kier molecular flexibility index (Phi) is 6.03. The van der Waals surface area contributed by atoms with Crippen LogP contribution in [-0.4, -0.2) is 13.2 Å². The molecule has 0 aliphatic rings. The van der Waals surface area contributed by atoms with Gasteiger partial charge in [0.05, 0.1) is 5.41 Å². The predicted molar refractivity (Wildman–Crippen MR) is 54.2 cm³/mol. The summed E-state index contributed by atoms with van der Waals surface area (Å²) in [6.07, 6.45) is -4.59. The molecular formula is C10H10BF6K. The van der Waals surface area contributed by atoms with Crippen LogP contribution in [0.25, 0.3) is 0 Å². The van der Waals surface area contributed by atoms with Crippen LogP contribution in [0.1, 0.15) is 19.4 Å². The molecular weight excluding hydrogens is 284 g/mol. The summed E-state index contributed by atoms with van der Waals surface area (Å²) in [5, 5.41) is 0. The molecule has 0 aliphatic heterocycles.